The van der Waals surface area contributed by atoms with Crippen molar-refractivity contribution in [1.29, 1.82) is 0 Å². The molecule has 1 aromatic heterocycles. The maximum atomic E-state index is 6.37. The lowest BCUT2D eigenvalue weighted by Gasteiger charge is -2.12. The van der Waals surface area contributed by atoms with Gasteiger partial charge in [0.15, 0.2) is 5.75 Å². The quantitative estimate of drug-likeness (QED) is 0.535. The van der Waals surface area contributed by atoms with Gasteiger partial charge in [0, 0.05) is 31.4 Å². The van der Waals surface area contributed by atoms with Gasteiger partial charge in [0.2, 0.25) is 0 Å². The standard InChI is InChI=1S/C20H22Cl2N2O2/c1-24-10-8-17(26-24)7-3-2-4-11-25-20-18(21)12-16(13-19(20)22)15-6-5-9-23-14-15/h5-6,8-9,12-14H,2-4,7,10-11H2,1H3. The van der Waals surface area contributed by atoms with E-state index in [0.29, 0.717) is 22.4 Å². The average molecular weight is 393 g/mol. The number of ether oxygens (including phenoxy) is 1. The summed E-state index contributed by atoms with van der Waals surface area (Å²) < 4.78 is 5.81. The lowest BCUT2D eigenvalue weighted by atomic mass is 10.1. The third-order valence-electron chi connectivity index (χ3n) is 4.16. The van der Waals surface area contributed by atoms with Crippen LogP contribution in [0.2, 0.25) is 10.0 Å². The molecule has 0 unspecified atom stereocenters. The molecule has 6 heteroatoms. The molecule has 3 rings (SSSR count). The largest absolute Gasteiger partial charge is 0.490 e. The maximum Gasteiger partial charge on any atom is 0.156 e. The number of nitrogens with zero attached hydrogens (tertiary/aromatic N) is 2. The summed E-state index contributed by atoms with van der Waals surface area (Å²) in [4.78, 5) is 9.66. The van der Waals surface area contributed by atoms with Gasteiger partial charge < -0.3 is 9.57 Å². The molecule has 2 heterocycles. The van der Waals surface area contributed by atoms with Crippen molar-refractivity contribution in [3.63, 3.8) is 0 Å². The Morgan fingerprint density at radius 2 is 1.96 bits per heavy atom. The third-order valence-corrected chi connectivity index (χ3v) is 4.72. The van der Waals surface area contributed by atoms with Crippen LogP contribution in [0.25, 0.3) is 11.1 Å². The molecule has 1 aliphatic heterocycles. The summed E-state index contributed by atoms with van der Waals surface area (Å²) >= 11 is 12.7. The molecular formula is C20H22Cl2N2O2. The Morgan fingerprint density at radius 3 is 2.62 bits per heavy atom. The van der Waals surface area contributed by atoms with E-state index >= 15 is 0 Å². The number of halogens is 2. The predicted molar refractivity (Wildman–Crippen MR) is 105 cm³/mol. The van der Waals surface area contributed by atoms with Gasteiger partial charge in [0.05, 0.1) is 23.2 Å². The minimum atomic E-state index is 0.518. The normalized spacial score (nSPS) is 14.2. The second kappa shape index (κ2) is 9.26. The number of pyridine rings is 1. The van der Waals surface area contributed by atoms with Crippen LogP contribution in [0.15, 0.2) is 48.5 Å². The summed E-state index contributed by atoms with van der Waals surface area (Å²) in [5.74, 6) is 1.61. The first-order valence-electron chi connectivity index (χ1n) is 8.74. The molecule has 2 aromatic rings. The second-order valence-electron chi connectivity index (χ2n) is 6.24. The molecular weight excluding hydrogens is 371 g/mol. The van der Waals surface area contributed by atoms with E-state index in [1.165, 1.54) is 0 Å². The zero-order valence-electron chi connectivity index (χ0n) is 14.8. The first-order chi connectivity index (χ1) is 12.6. The highest BCUT2D eigenvalue weighted by Crippen LogP contribution is 2.37. The number of unbranched alkanes of at least 4 members (excludes halogenated alkanes) is 2. The van der Waals surface area contributed by atoms with Crippen molar-refractivity contribution in [2.75, 3.05) is 20.2 Å². The van der Waals surface area contributed by atoms with Gasteiger partial charge in [-0.3, -0.25) is 4.98 Å². The summed E-state index contributed by atoms with van der Waals surface area (Å²) in [5, 5.41) is 2.87. The average Bonchev–Trinajstić information content (AvgIpc) is 3.05. The predicted octanol–water partition coefficient (Wildman–Crippen LogP) is 5.76. The SMILES string of the molecule is CN1CC=C(CCCCCOc2c(Cl)cc(-c3cccnc3)cc2Cl)O1. The van der Waals surface area contributed by atoms with Crippen LogP contribution in [0.3, 0.4) is 0 Å². The van der Waals surface area contributed by atoms with Crippen molar-refractivity contribution in [3.8, 4) is 16.9 Å². The molecule has 0 fully saturated rings. The van der Waals surface area contributed by atoms with E-state index in [1.807, 2.05) is 36.4 Å². The maximum absolute atomic E-state index is 6.37. The fraction of sp³-hybridized carbons (Fsp3) is 0.350. The second-order valence-corrected chi connectivity index (χ2v) is 7.06. The van der Waals surface area contributed by atoms with Crippen LogP contribution >= 0.6 is 23.2 Å². The molecule has 26 heavy (non-hydrogen) atoms. The molecule has 0 amide bonds. The minimum absolute atomic E-state index is 0.518. The van der Waals surface area contributed by atoms with Crippen LogP contribution < -0.4 is 4.74 Å². The molecule has 0 bridgehead atoms. The molecule has 0 spiro atoms. The van der Waals surface area contributed by atoms with Gasteiger partial charge in [-0.25, -0.2) is 0 Å². The van der Waals surface area contributed by atoms with Crippen molar-refractivity contribution < 1.29 is 9.57 Å². The van der Waals surface area contributed by atoms with Crippen LogP contribution in [0.1, 0.15) is 25.7 Å². The zero-order chi connectivity index (χ0) is 18.4. The van der Waals surface area contributed by atoms with E-state index in [-0.39, 0.29) is 0 Å². The Bertz CT molecular complexity index is 743. The van der Waals surface area contributed by atoms with Crippen molar-refractivity contribution in [2.24, 2.45) is 0 Å². The van der Waals surface area contributed by atoms with E-state index in [0.717, 1.165) is 49.1 Å². The van der Waals surface area contributed by atoms with Gasteiger partial charge in [-0.1, -0.05) is 29.3 Å². The van der Waals surface area contributed by atoms with E-state index in [2.05, 4.69) is 11.1 Å². The summed E-state index contributed by atoms with van der Waals surface area (Å²) in [5.41, 5.74) is 1.90. The fourth-order valence-corrected chi connectivity index (χ4v) is 3.40. The number of benzene rings is 1. The van der Waals surface area contributed by atoms with Crippen molar-refractivity contribution in [3.05, 3.63) is 58.5 Å². The summed E-state index contributed by atoms with van der Waals surface area (Å²) in [6.45, 7) is 1.45. The third kappa shape index (κ3) is 5.13. The molecule has 0 saturated heterocycles. The number of allylic oxidation sites excluding steroid dienone is 1. The molecule has 0 saturated carbocycles. The van der Waals surface area contributed by atoms with Crippen molar-refractivity contribution >= 4 is 23.2 Å². The molecule has 0 radical (unpaired) electrons. The van der Waals surface area contributed by atoms with Gasteiger partial charge in [-0.05, 0) is 49.1 Å². The van der Waals surface area contributed by atoms with E-state index in [4.69, 9.17) is 32.8 Å². The highest BCUT2D eigenvalue weighted by molar-refractivity contribution is 6.37. The molecule has 1 aliphatic rings. The monoisotopic (exact) mass is 392 g/mol. The fourth-order valence-electron chi connectivity index (χ4n) is 2.80. The molecule has 0 atom stereocenters. The van der Waals surface area contributed by atoms with Crippen LogP contribution in [-0.4, -0.2) is 30.2 Å². The number of hydrogen-bond donors (Lipinski definition) is 0. The Morgan fingerprint density at radius 1 is 1.15 bits per heavy atom. The van der Waals surface area contributed by atoms with Gasteiger partial charge in [0.1, 0.15) is 5.76 Å². The van der Waals surface area contributed by atoms with Crippen LogP contribution in [-0.2, 0) is 4.84 Å². The Hall–Kier alpha value is -1.75. The minimum Gasteiger partial charge on any atom is -0.490 e. The number of likely N-dealkylation sites (N-methyl/N-ethyl adjacent to an activating group) is 1. The number of hydroxylamine groups is 2. The highest BCUT2D eigenvalue weighted by atomic mass is 35.5. The lowest BCUT2D eigenvalue weighted by molar-refractivity contribution is -0.0699. The van der Waals surface area contributed by atoms with Crippen molar-refractivity contribution in [2.45, 2.75) is 25.7 Å². The Kier molecular flexibility index (Phi) is 6.78. The lowest BCUT2D eigenvalue weighted by Crippen LogP contribution is -2.11. The topological polar surface area (TPSA) is 34.6 Å². The van der Waals surface area contributed by atoms with Crippen LogP contribution in [0, 0.1) is 0 Å². The number of hydrogen-bond acceptors (Lipinski definition) is 4. The summed E-state index contributed by atoms with van der Waals surface area (Å²) in [7, 11) is 1.93. The summed E-state index contributed by atoms with van der Waals surface area (Å²) in [6.07, 6.45) is 9.69. The molecule has 0 aliphatic carbocycles. The first kappa shape index (κ1) is 19.0. The van der Waals surface area contributed by atoms with Gasteiger partial charge >= 0.3 is 0 Å². The summed E-state index contributed by atoms with van der Waals surface area (Å²) in [6, 6.07) is 7.57. The highest BCUT2D eigenvalue weighted by Gasteiger charge is 2.12. The Balaban J connectivity index is 1.46. The molecule has 4 nitrogen and oxygen atoms in total. The molecule has 138 valence electrons. The molecule has 0 N–H and O–H groups in total. The number of rotatable bonds is 8. The van der Waals surface area contributed by atoms with Crippen LogP contribution in [0.5, 0.6) is 5.75 Å². The molecule has 1 aromatic carbocycles. The van der Waals surface area contributed by atoms with Crippen LogP contribution in [0.4, 0.5) is 0 Å². The number of aromatic nitrogens is 1. The van der Waals surface area contributed by atoms with Crippen molar-refractivity contribution in [1.82, 2.24) is 10.0 Å². The smallest absolute Gasteiger partial charge is 0.156 e. The van der Waals surface area contributed by atoms with Gasteiger partial charge in [-0.15, -0.1) is 5.06 Å². The van der Waals surface area contributed by atoms with E-state index in [1.54, 1.807) is 12.4 Å². The Labute approximate surface area is 164 Å². The van der Waals surface area contributed by atoms with Gasteiger partial charge in [-0.2, -0.15) is 0 Å². The van der Waals surface area contributed by atoms with E-state index in [9.17, 15) is 0 Å². The zero-order valence-corrected chi connectivity index (χ0v) is 16.3. The van der Waals surface area contributed by atoms with E-state index < -0.39 is 0 Å². The van der Waals surface area contributed by atoms with Gasteiger partial charge in [0.25, 0.3) is 0 Å². The first-order valence-corrected chi connectivity index (χ1v) is 9.49.